The molecule has 0 atom stereocenters. The number of halogens is 2. The lowest BCUT2D eigenvalue weighted by Crippen LogP contribution is -2.37. The van der Waals surface area contributed by atoms with E-state index >= 15 is 0 Å². The summed E-state index contributed by atoms with van der Waals surface area (Å²) < 4.78 is 4.79. The summed E-state index contributed by atoms with van der Waals surface area (Å²) >= 11 is 12.4. The molecule has 20 heavy (non-hydrogen) atoms. The largest absolute Gasteiger partial charge is 0.468 e. The van der Waals surface area contributed by atoms with Crippen LogP contribution in [0, 0.1) is 0 Å². The van der Waals surface area contributed by atoms with Gasteiger partial charge in [-0.25, -0.2) is 0 Å². The third kappa shape index (κ3) is 3.87. The fourth-order valence-corrected chi connectivity index (χ4v) is 3.22. The fourth-order valence-electron chi connectivity index (χ4n) is 2.70. The molecule has 0 N–H and O–H groups in total. The lowest BCUT2D eigenvalue weighted by Gasteiger charge is -2.28. The standard InChI is InChI=1S/C15H19Cl2NO2/c1-20-15(19)10-18(11-5-2-3-6-11)9-12-13(16)7-4-8-14(12)17/h4,7-8,11H,2-3,5-6,9-10H2,1H3. The molecule has 1 aliphatic rings. The molecular formula is C15H19Cl2NO2. The van der Waals surface area contributed by atoms with Gasteiger partial charge in [0.1, 0.15) is 0 Å². The van der Waals surface area contributed by atoms with Gasteiger partial charge in [-0.15, -0.1) is 0 Å². The Balaban J connectivity index is 2.16. The van der Waals surface area contributed by atoms with Gasteiger partial charge in [-0.1, -0.05) is 42.1 Å². The zero-order valence-electron chi connectivity index (χ0n) is 11.6. The van der Waals surface area contributed by atoms with E-state index in [4.69, 9.17) is 27.9 Å². The molecule has 0 radical (unpaired) electrons. The summed E-state index contributed by atoms with van der Waals surface area (Å²) in [6.07, 6.45) is 4.63. The topological polar surface area (TPSA) is 29.5 Å². The maximum absolute atomic E-state index is 11.6. The SMILES string of the molecule is COC(=O)CN(Cc1c(Cl)cccc1Cl)C1CCCC1. The second-order valence-electron chi connectivity index (χ2n) is 5.12. The van der Waals surface area contributed by atoms with E-state index < -0.39 is 0 Å². The number of carbonyl (C=O) groups excluding carboxylic acids is 1. The minimum absolute atomic E-state index is 0.222. The first-order chi connectivity index (χ1) is 9.61. The van der Waals surface area contributed by atoms with Crippen molar-refractivity contribution in [3.05, 3.63) is 33.8 Å². The predicted octanol–water partition coefficient (Wildman–Crippen LogP) is 3.91. The van der Waals surface area contributed by atoms with Crippen molar-refractivity contribution in [3.8, 4) is 0 Å². The van der Waals surface area contributed by atoms with Crippen molar-refractivity contribution in [2.75, 3.05) is 13.7 Å². The summed E-state index contributed by atoms with van der Waals surface area (Å²) in [5.74, 6) is -0.222. The second kappa shape index (κ2) is 7.30. The number of hydrogen-bond donors (Lipinski definition) is 0. The quantitative estimate of drug-likeness (QED) is 0.771. The molecule has 1 aromatic rings. The number of nitrogens with zero attached hydrogens (tertiary/aromatic N) is 1. The Morgan fingerprint density at radius 2 is 1.90 bits per heavy atom. The molecule has 0 heterocycles. The van der Waals surface area contributed by atoms with Crippen LogP contribution in [0.3, 0.4) is 0 Å². The van der Waals surface area contributed by atoms with Crippen LogP contribution >= 0.6 is 23.2 Å². The van der Waals surface area contributed by atoms with E-state index in [-0.39, 0.29) is 12.5 Å². The minimum atomic E-state index is -0.222. The van der Waals surface area contributed by atoms with Crippen molar-refractivity contribution < 1.29 is 9.53 Å². The molecule has 1 aromatic carbocycles. The van der Waals surface area contributed by atoms with E-state index in [0.717, 1.165) is 18.4 Å². The molecule has 0 bridgehead atoms. The number of esters is 1. The molecule has 1 aliphatic carbocycles. The predicted molar refractivity (Wildman–Crippen MR) is 81.1 cm³/mol. The number of rotatable bonds is 5. The minimum Gasteiger partial charge on any atom is -0.468 e. The maximum atomic E-state index is 11.6. The lowest BCUT2D eigenvalue weighted by molar-refractivity contribution is -0.142. The summed E-state index contributed by atoms with van der Waals surface area (Å²) in [4.78, 5) is 13.7. The van der Waals surface area contributed by atoms with E-state index in [1.54, 1.807) is 0 Å². The summed E-state index contributed by atoms with van der Waals surface area (Å²) in [5.41, 5.74) is 0.881. The van der Waals surface area contributed by atoms with Gasteiger partial charge < -0.3 is 4.74 Å². The molecule has 3 nitrogen and oxygen atoms in total. The van der Waals surface area contributed by atoms with Crippen LogP contribution in [0.1, 0.15) is 31.2 Å². The van der Waals surface area contributed by atoms with Crippen LogP contribution in [-0.2, 0) is 16.1 Å². The van der Waals surface area contributed by atoms with Crippen LogP contribution in [0.4, 0.5) is 0 Å². The van der Waals surface area contributed by atoms with Crippen molar-refractivity contribution in [2.45, 2.75) is 38.3 Å². The molecule has 1 fully saturated rings. The van der Waals surface area contributed by atoms with E-state index in [2.05, 4.69) is 4.90 Å². The molecular weight excluding hydrogens is 297 g/mol. The van der Waals surface area contributed by atoms with Crippen molar-refractivity contribution in [1.29, 1.82) is 0 Å². The number of ether oxygens (including phenoxy) is 1. The average molecular weight is 316 g/mol. The van der Waals surface area contributed by atoms with Crippen molar-refractivity contribution >= 4 is 29.2 Å². The Kier molecular flexibility index (Phi) is 5.70. The van der Waals surface area contributed by atoms with E-state index in [0.29, 0.717) is 22.6 Å². The molecule has 2 rings (SSSR count). The first-order valence-corrected chi connectivity index (χ1v) is 7.61. The van der Waals surface area contributed by atoms with Crippen LogP contribution < -0.4 is 0 Å². The Morgan fingerprint density at radius 3 is 2.45 bits per heavy atom. The van der Waals surface area contributed by atoms with Gasteiger partial charge in [-0.2, -0.15) is 0 Å². The molecule has 0 aromatic heterocycles. The Labute approximate surface area is 129 Å². The molecule has 0 saturated heterocycles. The first kappa shape index (κ1) is 15.6. The number of hydrogen-bond acceptors (Lipinski definition) is 3. The molecule has 110 valence electrons. The molecule has 1 saturated carbocycles. The van der Waals surface area contributed by atoms with Crippen LogP contribution in [0.5, 0.6) is 0 Å². The number of carbonyl (C=O) groups is 1. The highest BCUT2D eigenvalue weighted by Gasteiger charge is 2.26. The molecule has 0 unspecified atom stereocenters. The molecule has 0 aliphatic heterocycles. The van der Waals surface area contributed by atoms with Crippen LogP contribution in [0.25, 0.3) is 0 Å². The van der Waals surface area contributed by atoms with Crippen LogP contribution in [0.2, 0.25) is 10.0 Å². The van der Waals surface area contributed by atoms with Gasteiger partial charge in [0, 0.05) is 28.2 Å². The summed E-state index contributed by atoms with van der Waals surface area (Å²) in [5, 5.41) is 1.29. The normalized spacial score (nSPS) is 15.8. The van der Waals surface area contributed by atoms with Crippen molar-refractivity contribution in [3.63, 3.8) is 0 Å². The summed E-state index contributed by atoms with van der Waals surface area (Å²) in [6, 6.07) is 5.89. The summed E-state index contributed by atoms with van der Waals surface area (Å²) in [7, 11) is 1.41. The number of methoxy groups -OCH3 is 1. The fraction of sp³-hybridized carbons (Fsp3) is 0.533. The monoisotopic (exact) mass is 315 g/mol. The van der Waals surface area contributed by atoms with Crippen molar-refractivity contribution in [1.82, 2.24) is 4.90 Å². The Morgan fingerprint density at radius 1 is 1.30 bits per heavy atom. The van der Waals surface area contributed by atoms with Gasteiger partial charge in [0.05, 0.1) is 13.7 Å². The van der Waals surface area contributed by atoms with Gasteiger partial charge in [0.25, 0.3) is 0 Å². The Bertz CT molecular complexity index is 453. The highest BCUT2D eigenvalue weighted by Crippen LogP contribution is 2.30. The van der Waals surface area contributed by atoms with E-state index in [1.165, 1.54) is 20.0 Å². The lowest BCUT2D eigenvalue weighted by atomic mass is 10.1. The first-order valence-electron chi connectivity index (χ1n) is 6.85. The third-order valence-electron chi connectivity index (χ3n) is 3.82. The average Bonchev–Trinajstić information content (AvgIpc) is 2.95. The van der Waals surface area contributed by atoms with Gasteiger partial charge in [0.2, 0.25) is 0 Å². The van der Waals surface area contributed by atoms with E-state index in [9.17, 15) is 4.79 Å². The second-order valence-corrected chi connectivity index (χ2v) is 5.93. The maximum Gasteiger partial charge on any atom is 0.319 e. The highest BCUT2D eigenvalue weighted by atomic mass is 35.5. The zero-order valence-corrected chi connectivity index (χ0v) is 13.1. The van der Waals surface area contributed by atoms with Gasteiger partial charge >= 0.3 is 5.97 Å². The van der Waals surface area contributed by atoms with Crippen LogP contribution in [0.15, 0.2) is 18.2 Å². The zero-order chi connectivity index (χ0) is 14.5. The smallest absolute Gasteiger partial charge is 0.319 e. The molecule has 5 heteroatoms. The van der Waals surface area contributed by atoms with Gasteiger partial charge in [-0.05, 0) is 25.0 Å². The van der Waals surface area contributed by atoms with Gasteiger partial charge in [0.15, 0.2) is 0 Å². The summed E-state index contributed by atoms with van der Waals surface area (Å²) in [6.45, 7) is 0.862. The third-order valence-corrected chi connectivity index (χ3v) is 4.53. The molecule has 0 amide bonds. The van der Waals surface area contributed by atoms with Crippen LogP contribution in [-0.4, -0.2) is 30.6 Å². The Hall–Kier alpha value is -0.770. The van der Waals surface area contributed by atoms with E-state index in [1.807, 2.05) is 18.2 Å². The van der Waals surface area contributed by atoms with Gasteiger partial charge in [-0.3, -0.25) is 9.69 Å². The number of benzene rings is 1. The highest BCUT2D eigenvalue weighted by molar-refractivity contribution is 6.35. The van der Waals surface area contributed by atoms with Crippen molar-refractivity contribution in [2.24, 2.45) is 0 Å². The molecule has 0 spiro atoms.